The predicted octanol–water partition coefficient (Wildman–Crippen LogP) is 4.78. The number of rotatable bonds is 0. The Morgan fingerprint density at radius 1 is 0.810 bits per heavy atom. The molecule has 9 heteroatoms. The predicted molar refractivity (Wildman–Crippen MR) is 90.4 cm³/mol. The van der Waals surface area contributed by atoms with Gasteiger partial charge in [-0.1, -0.05) is 59.8 Å². The topological polar surface area (TPSA) is 70.4 Å². The molecule has 21 heavy (non-hydrogen) atoms. The fraction of sp³-hybridized carbons (Fsp3) is 0. The van der Waals surface area contributed by atoms with Crippen LogP contribution in [0, 0.1) is 0 Å². The number of aromatic nitrogens is 2. The van der Waals surface area contributed by atoms with Crippen molar-refractivity contribution in [3.63, 3.8) is 0 Å². The maximum atomic E-state index is 7.13. The first-order valence-electron chi connectivity index (χ1n) is 4.77. The van der Waals surface area contributed by atoms with Gasteiger partial charge in [-0.05, 0) is 24.3 Å². The van der Waals surface area contributed by atoms with Crippen LogP contribution in [-0.2, 0) is 16.8 Å². The van der Waals surface area contributed by atoms with Gasteiger partial charge in [-0.15, -0.1) is 0 Å². The van der Waals surface area contributed by atoms with Gasteiger partial charge >= 0.3 is 16.8 Å². The average molecular weight is 402 g/mol. The Morgan fingerprint density at radius 3 is 1.19 bits per heavy atom. The molecule has 111 valence electrons. The molecule has 0 amide bonds. The third-order valence-corrected chi connectivity index (χ3v) is 1.70. The van der Waals surface area contributed by atoms with Crippen molar-refractivity contribution < 1.29 is 16.8 Å². The molecule has 0 saturated heterocycles. The molecule has 2 rings (SSSR count). The van der Waals surface area contributed by atoms with E-state index in [1.54, 1.807) is 24.5 Å². The Morgan fingerprint density at radius 2 is 1.10 bits per heavy atom. The molecule has 0 bridgehead atoms. The Balaban J connectivity index is -0.000000220. The monoisotopic (exact) mass is 401 g/mol. The summed E-state index contributed by atoms with van der Waals surface area (Å²) in [7, 11) is 0. The van der Waals surface area contributed by atoms with Gasteiger partial charge in [-0.25, -0.2) is 9.97 Å². The number of isothiocyanates is 2. The van der Waals surface area contributed by atoms with E-state index in [1.165, 1.54) is 10.3 Å². The second kappa shape index (κ2) is 21.3. The van der Waals surface area contributed by atoms with Crippen LogP contribution >= 0.6 is 47.6 Å². The molecule has 0 aliphatic carbocycles. The van der Waals surface area contributed by atoms with E-state index < -0.39 is 0 Å². The first-order valence-corrected chi connectivity index (χ1v) is 6.35. The van der Waals surface area contributed by atoms with Crippen molar-refractivity contribution in [1.29, 1.82) is 0 Å². The molecule has 0 atom stereocenters. The molecule has 2 aromatic heterocycles. The van der Waals surface area contributed by atoms with Crippen molar-refractivity contribution in [2.75, 3.05) is 0 Å². The van der Waals surface area contributed by atoms with E-state index in [0.717, 1.165) is 0 Å². The van der Waals surface area contributed by atoms with Crippen LogP contribution in [0.2, 0.25) is 10.3 Å². The maximum Gasteiger partial charge on any atom is 2.00 e. The van der Waals surface area contributed by atoms with Gasteiger partial charge in [0.2, 0.25) is 0 Å². The van der Waals surface area contributed by atoms with E-state index in [9.17, 15) is 0 Å². The van der Waals surface area contributed by atoms with Crippen LogP contribution in [0.1, 0.15) is 0 Å². The van der Waals surface area contributed by atoms with Gasteiger partial charge in [-0.3, -0.25) is 0 Å². The fourth-order valence-electron chi connectivity index (χ4n) is 0.684. The van der Waals surface area contributed by atoms with Crippen LogP contribution in [0.4, 0.5) is 0 Å². The molecule has 0 N–H and O–H groups in total. The van der Waals surface area contributed by atoms with Crippen molar-refractivity contribution in [1.82, 2.24) is 9.97 Å². The maximum absolute atomic E-state index is 7.13. The van der Waals surface area contributed by atoms with Crippen molar-refractivity contribution in [3.05, 3.63) is 69.9 Å². The largest absolute Gasteiger partial charge is 2.00 e. The summed E-state index contributed by atoms with van der Waals surface area (Å²) in [6.45, 7) is 0. The van der Waals surface area contributed by atoms with E-state index in [1.807, 2.05) is 24.3 Å². The fourth-order valence-corrected chi connectivity index (χ4v) is 0.942. The molecule has 0 aromatic carbocycles. The van der Waals surface area contributed by atoms with Gasteiger partial charge in [0.25, 0.3) is 0 Å². The Kier molecular flexibility index (Phi) is 25.3. The molecule has 0 spiro atoms. The van der Waals surface area contributed by atoms with Crippen molar-refractivity contribution in [2.45, 2.75) is 0 Å². The Bertz CT molecular complexity index is 468. The van der Waals surface area contributed by atoms with Gasteiger partial charge < -0.3 is 10.8 Å². The third kappa shape index (κ3) is 24.4. The molecule has 0 aliphatic rings. The minimum Gasteiger partial charge on any atom is -0.753 e. The summed E-state index contributed by atoms with van der Waals surface area (Å²) < 4.78 is 0. The zero-order chi connectivity index (χ0) is 15.6. The van der Waals surface area contributed by atoms with Crippen LogP contribution in [0.15, 0.2) is 48.8 Å². The smallest absolute Gasteiger partial charge is 0.753 e. The zero-order valence-corrected chi connectivity index (χ0v) is 14.5. The number of hydrogen-bond acceptors (Lipinski definition) is 4. The molecule has 2 aromatic rings. The number of thiocarbonyl (C=S) groups is 2. The molecular formula is C12H8Cl2CoN4S2. The summed E-state index contributed by atoms with van der Waals surface area (Å²) in [5, 5.41) is 18.0. The van der Waals surface area contributed by atoms with Gasteiger partial charge in [-0.2, -0.15) is 10.3 Å². The number of halogens is 2. The quantitative estimate of drug-likeness (QED) is 0.361. The van der Waals surface area contributed by atoms with E-state index in [4.69, 9.17) is 34.0 Å². The number of nitrogens with zero attached hydrogens (tertiary/aromatic N) is 4. The number of hydrogen-bond donors (Lipinski definition) is 0. The second-order valence-corrected chi connectivity index (χ2v) is 3.63. The van der Waals surface area contributed by atoms with E-state index >= 15 is 0 Å². The molecule has 0 aliphatic heterocycles. The second-order valence-electron chi connectivity index (χ2n) is 2.49. The van der Waals surface area contributed by atoms with Crippen LogP contribution < -0.4 is 0 Å². The molecular weight excluding hydrogens is 394 g/mol. The summed E-state index contributed by atoms with van der Waals surface area (Å²) in [4.78, 5) is 7.49. The summed E-state index contributed by atoms with van der Waals surface area (Å²) in [5.74, 6) is 0. The minimum atomic E-state index is 0. The van der Waals surface area contributed by atoms with Crippen LogP contribution in [0.25, 0.3) is 10.8 Å². The van der Waals surface area contributed by atoms with Crippen LogP contribution in [0.3, 0.4) is 0 Å². The molecule has 2 heterocycles. The van der Waals surface area contributed by atoms with Gasteiger partial charge in [0, 0.05) is 12.4 Å². The summed E-state index contributed by atoms with van der Waals surface area (Å²) in [6.07, 6.45) is 3.31. The van der Waals surface area contributed by atoms with Gasteiger partial charge in [0.15, 0.2) is 0 Å². The SMILES string of the molecule is Clc1ccccn1.Clc1ccccn1.[Co+2].[N-]=C=S.[N-]=C=S. The number of pyridine rings is 2. The van der Waals surface area contributed by atoms with Crippen LogP contribution in [0.5, 0.6) is 0 Å². The first kappa shape index (κ1) is 25.0. The molecule has 0 saturated carbocycles. The molecule has 4 nitrogen and oxygen atoms in total. The zero-order valence-electron chi connectivity index (χ0n) is 10.3. The van der Waals surface area contributed by atoms with E-state index in [2.05, 4.69) is 34.4 Å². The first-order chi connectivity index (χ1) is 9.62. The van der Waals surface area contributed by atoms with Crippen LogP contribution in [-0.4, -0.2) is 20.3 Å². The van der Waals surface area contributed by atoms with E-state index in [0.29, 0.717) is 10.3 Å². The van der Waals surface area contributed by atoms with Crippen molar-refractivity contribution in [3.8, 4) is 0 Å². The summed E-state index contributed by atoms with van der Waals surface area (Å²) in [6, 6.07) is 10.8. The standard InChI is InChI=1S/2C5H4ClN.2CNS.Co/c2*6-5-3-1-2-4-7-5;2*2-1-3;/h2*1-4H;;;/q;;2*-1;+2. The van der Waals surface area contributed by atoms with Crippen molar-refractivity contribution >= 4 is 58.0 Å². The average Bonchev–Trinajstić information content (AvgIpc) is 2.43. The van der Waals surface area contributed by atoms with Gasteiger partial charge in [0.1, 0.15) is 10.3 Å². The Labute approximate surface area is 154 Å². The molecule has 1 radical (unpaired) electrons. The van der Waals surface area contributed by atoms with E-state index in [-0.39, 0.29) is 16.8 Å². The van der Waals surface area contributed by atoms with Gasteiger partial charge in [0.05, 0.1) is 0 Å². The Hall–Kier alpha value is -1.01. The van der Waals surface area contributed by atoms with Crippen molar-refractivity contribution in [2.24, 2.45) is 0 Å². The third-order valence-electron chi connectivity index (χ3n) is 1.26. The summed E-state index contributed by atoms with van der Waals surface area (Å²) >= 11 is 18.3. The molecule has 0 fully saturated rings. The summed E-state index contributed by atoms with van der Waals surface area (Å²) in [5.41, 5.74) is 0. The minimum absolute atomic E-state index is 0. The normalized spacial score (nSPS) is 6.57. The molecule has 0 unspecified atom stereocenters.